The first-order chi connectivity index (χ1) is 11.6. The average molecular weight is 331 g/mol. The van der Waals surface area contributed by atoms with Gasteiger partial charge in [-0.05, 0) is 25.1 Å². The van der Waals surface area contributed by atoms with Crippen molar-refractivity contribution in [3.05, 3.63) is 23.9 Å². The molecule has 2 amide bonds. The van der Waals surface area contributed by atoms with Gasteiger partial charge >= 0.3 is 0 Å². The zero-order chi connectivity index (χ0) is 16.9. The van der Waals surface area contributed by atoms with Gasteiger partial charge in [0.05, 0.1) is 5.92 Å². The van der Waals surface area contributed by atoms with E-state index in [1.165, 1.54) is 0 Å². The highest BCUT2D eigenvalue weighted by atomic mass is 16.2. The number of anilines is 1. The number of piperazine rings is 1. The third kappa shape index (κ3) is 4.23. The highest BCUT2D eigenvalue weighted by molar-refractivity contribution is 5.83. The van der Waals surface area contributed by atoms with Crippen LogP contribution in [0.4, 0.5) is 5.82 Å². The molecule has 130 valence electrons. The molecule has 0 radical (unpaired) electrons. The summed E-state index contributed by atoms with van der Waals surface area (Å²) in [5, 5.41) is 5.67. The summed E-state index contributed by atoms with van der Waals surface area (Å²) in [6.45, 7) is 5.00. The molecule has 0 aromatic carbocycles. The Morgan fingerprint density at radius 1 is 1.33 bits per heavy atom. The normalized spacial score (nSPS) is 22.1. The molecule has 0 unspecified atom stereocenters. The van der Waals surface area contributed by atoms with Crippen LogP contribution in [0.25, 0.3) is 0 Å². The summed E-state index contributed by atoms with van der Waals surface area (Å²) >= 11 is 0. The summed E-state index contributed by atoms with van der Waals surface area (Å²) < 4.78 is 0. The third-order valence-corrected chi connectivity index (χ3v) is 4.74. The Morgan fingerprint density at radius 2 is 2.12 bits per heavy atom. The van der Waals surface area contributed by atoms with Crippen molar-refractivity contribution in [2.75, 3.05) is 44.7 Å². The number of amides is 2. The maximum atomic E-state index is 12.1. The number of carbonyl (C=O) groups is 2. The zero-order valence-corrected chi connectivity index (χ0v) is 14.1. The molecular formula is C17H25N5O2. The SMILES string of the molecule is CN1CCN(c2ccc(CNC(=O)[C@@H]3CCC(=O)NC3)cn2)CC1. The molecule has 1 aromatic rings. The van der Waals surface area contributed by atoms with E-state index in [1.807, 2.05) is 18.3 Å². The van der Waals surface area contributed by atoms with Gasteiger partial charge in [0.2, 0.25) is 11.8 Å². The van der Waals surface area contributed by atoms with Gasteiger partial charge in [0.1, 0.15) is 5.82 Å². The molecule has 0 aliphatic carbocycles. The third-order valence-electron chi connectivity index (χ3n) is 4.74. The van der Waals surface area contributed by atoms with Crippen LogP contribution >= 0.6 is 0 Å². The predicted octanol–water partition coefficient (Wildman–Crippen LogP) is -0.0242. The highest BCUT2D eigenvalue weighted by Gasteiger charge is 2.24. The predicted molar refractivity (Wildman–Crippen MR) is 91.5 cm³/mol. The van der Waals surface area contributed by atoms with Gasteiger partial charge in [-0.3, -0.25) is 9.59 Å². The molecule has 2 N–H and O–H groups in total. The van der Waals surface area contributed by atoms with E-state index in [2.05, 4.69) is 32.5 Å². The van der Waals surface area contributed by atoms with E-state index in [0.717, 1.165) is 37.6 Å². The summed E-state index contributed by atoms with van der Waals surface area (Å²) in [7, 11) is 2.13. The molecular weight excluding hydrogens is 306 g/mol. The first-order valence-electron chi connectivity index (χ1n) is 8.54. The van der Waals surface area contributed by atoms with Crippen molar-refractivity contribution in [2.45, 2.75) is 19.4 Å². The van der Waals surface area contributed by atoms with Gasteiger partial charge in [0, 0.05) is 51.9 Å². The van der Waals surface area contributed by atoms with Gasteiger partial charge in [0.15, 0.2) is 0 Å². The Bertz CT molecular complexity index is 571. The number of hydrogen-bond acceptors (Lipinski definition) is 5. The Hall–Kier alpha value is -2.15. The number of nitrogens with one attached hydrogen (secondary N) is 2. The van der Waals surface area contributed by atoms with Crippen LogP contribution in [0.15, 0.2) is 18.3 Å². The summed E-state index contributed by atoms with van der Waals surface area (Å²) in [4.78, 5) is 32.4. The molecule has 0 bridgehead atoms. The monoisotopic (exact) mass is 331 g/mol. The Balaban J connectivity index is 1.47. The van der Waals surface area contributed by atoms with Gasteiger partial charge in [0.25, 0.3) is 0 Å². The topological polar surface area (TPSA) is 77.6 Å². The molecule has 24 heavy (non-hydrogen) atoms. The van der Waals surface area contributed by atoms with E-state index in [0.29, 0.717) is 25.9 Å². The quantitative estimate of drug-likeness (QED) is 0.811. The van der Waals surface area contributed by atoms with Gasteiger partial charge < -0.3 is 20.4 Å². The number of likely N-dealkylation sites (N-methyl/N-ethyl adjacent to an activating group) is 1. The van der Waals surface area contributed by atoms with Crippen molar-refractivity contribution in [1.29, 1.82) is 0 Å². The van der Waals surface area contributed by atoms with Gasteiger partial charge in [-0.25, -0.2) is 4.98 Å². The smallest absolute Gasteiger partial charge is 0.225 e. The van der Waals surface area contributed by atoms with Gasteiger partial charge in [-0.1, -0.05) is 6.07 Å². The minimum absolute atomic E-state index is 0.00172. The Morgan fingerprint density at radius 3 is 2.75 bits per heavy atom. The van der Waals surface area contributed by atoms with E-state index < -0.39 is 0 Å². The van der Waals surface area contributed by atoms with E-state index in [1.54, 1.807) is 0 Å². The molecule has 0 spiro atoms. The largest absolute Gasteiger partial charge is 0.355 e. The van der Waals surface area contributed by atoms with Gasteiger partial charge in [-0.15, -0.1) is 0 Å². The van der Waals surface area contributed by atoms with E-state index >= 15 is 0 Å². The zero-order valence-electron chi connectivity index (χ0n) is 14.1. The van der Waals surface area contributed by atoms with Crippen molar-refractivity contribution in [3.8, 4) is 0 Å². The van der Waals surface area contributed by atoms with Crippen molar-refractivity contribution in [2.24, 2.45) is 5.92 Å². The summed E-state index contributed by atoms with van der Waals surface area (Å²) in [5.74, 6) is 0.898. The molecule has 1 atom stereocenters. The average Bonchev–Trinajstić information content (AvgIpc) is 2.61. The van der Waals surface area contributed by atoms with Crippen LogP contribution in [0.1, 0.15) is 18.4 Å². The minimum Gasteiger partial charge on any atom is -0.355 e. The second kappa shape index (κ2) is 7.61. The summed E-state index contributed by atoms with van der Waals surface area (Å²) in [6.07, 6.45) is 2.88. The lowest BCUT2D eigenvalue weighted by Crippen LogP contribution is -2.44. The fourth-order valence-corrected chi connectivity index (χ4v) is 3.03. The lowest BCUT2D eigenvalue weighted by molar-refractivity contribution is -0.129. The van der Waals surface area contributed by atoms with Crippen LogP contribution in [0.5, 0.6) is 0 Å². The summed E-state index contributed by atoms with van der Waals surface area (Å²) in [5.41, 5.74) is 0.987. The minimum atomic E-state index is -0.125. The Labute approximate surface area is 142 Å². The standard InChI is InChI=1S/C17H25N5O2/c1-21-6-8-22(9-7-21)15-4-2-13(10-18-15)11-20-17(24)14-3-5-16(23)19-12-14/h2,4,10,14H,3,5-9,11-12H2,1H3,(H,19,23)(H,20,24)/t14-/m1/s1. The number of hydrogen-bond donors (Lipinski definition) is 2. The molecule has 0 saturated carbocycles. The van der Waals surface area contributed by atoms with Crippen molar-refractivity contribution < 1.29 is 9.59 Å². The van der Waals surface area contributed by atoms with E-state index in [-0.39, 0.29) is 17.7 Å². The lowest BCUT2D eigenvalue weighted by Gasteiger charge is -2.33. The lowest BCUT2D eigenvalue weighted by atomic mass is 9.98. The van der Waals surface area contributed by atoms with Crippen molar-refractivity contribution >= 4 is 17.6 Å². The van der Waals surface area contributed by atoms with Gasteiger partial charge in [-0.2, -0.15) is 0 Å². The molecule has 1 aromatic heterocycles. The molecule has 3 rings (SSSR count). The number of nitrogens with zero attached hydrogens (tertiary/aromatic N) is 3. The van der Waals surface area contributed by atoms with Crippen LogP contribution in [-0.2, 0) is 16.1 Å². The fourth-order valence-electron chi connectivity index (χ4n) is 3.03. The molecule has 2 aliphatic heterocycles. The second-order valence-electron chi connectivity index (χ2n) is 6.57. The molecule has 7 heteroatoms. The van der Waals surface area contributed by atoms with Crippen LogP contribution < -0.4 is 15.5 Å². The number of rotatable bonds is 4. The number of pyridine rings is 1. The highest BCUT2D eigenvalue weighted by Crippen LogP contribution is 2.14. The molecule has 2 saturated heterocycles. The fraction of sp³-hybridized carbons (Fsp3) is 0.588. The maximum Gasteiger partial charge on any atom is 0.225 e. The molecule has 3 heterocycles. The summed E-state index contributed by atoms with van der Waals surface area (Å²) in [6, 6.07) is 4.04. The number of piperidine rings is 1. The molecule has 2 fully saturated rings. The van der Waals surface area contributed by atoms with Crippen LogP contribution in [0, 0.1) is 5.92 Å². The van der Waals surface area contributed by atoms with E-state index in [9.17, 15) is 9.59 Å². The number of carbonyl (C=O) groups excluding carboxylic acids is 2. The van der Waals surface area contributed by atoms with Crippen molar-refractivity contribution in [1.82, 2.24) is 20.5 Å². The van der Waals surface area contributed by atoms with E-state index in [4.69, 9.17) is 0 Å². The van der Waals surface area contributed by atoms with Crippen LogP contribution in [-0.4, -0.2) is 61.5 Å². The van der Waals surface area contributed by atoms with Crippen molar-refractivity contribution in [3.63, 3.8) is 0 Å². The Kier molecular flexibility index (Phi) is 5.30. The maximum absolute atomic E-state index is 12.1. The molecule has 2 aliphatic rings. The molecule has 7 nitrogen and oxygen atoms in total. The first-order valence-corrected chi connectivity index (χ1v) is 8.54. The van der Waals surface area contributed by atoms with Crippen LogP contribution in [0.3, 0.4) is 0 Å². The second-order valence-corrected chi connectivity index (χ2v) is 6.57. The van der Waals surface area contributed by atoms with Crippen LogP contribution in [0.2, 0.25) is 0 Å². The first kappa shape index (κ1) is 16.7. The number of aromatic nitrogens is 1.